The molecule has 5 nitrogen and oxygen atoms in total. The van der Waals surface area contributed by atoms with Crippen LogP contribution in [0, 0.1) is 18.6 Å². The van der Waals surface area contributed by atoms with Crippen molar-refractivity contribution in [1.29, 1.82) is 0 Å². The highest BCUT2D eigenvalue weighted by Crippen LogP contribution is 2.33. The normalized spacial score (nSPS) is 17.3. The predicted molar refractivity (Wildman–Crippen MR) is 125 cm³/mol. The highest BCUT2D eigenvalue weighted by Gasteiger charge is 2.35. The van der Waals surface area contributed by atoms with E-state index in [0.29, 0.717) is 10.7 Å². The molecule has 1 aliphatic heterocycles. The third-order valence-electron chi connectivity index (χ3n) is 5.59. The van der Waals surface area contributed by atoms with Crippen molar-refractivity contribution in [2.24, 2.45) is 0 Å². The molecule has 4 rings (SSSR count). The minimum atomic E-state index is -3.92. The van der Waals surface area contributed by atoms with Gasteiger partial charge in [-0.2, -0.15) is 12.7 Å². The fourth-order valence-electron chi connectivity index (χ4n) is 3.94. The van der Waals surface area contributed by atoms with Gasteiger partial charge in [-0.1, -0.05) is 41.9 Å². The largest absolute Gasteiger partial charge is 0.374 e. The summed E-state index contributed by atoms with van der Waals surface area (Å²) in [6.07, 6.45) is -0.570. The number of morpholine rings is 1. The molecule has 1 saturated heterocycles. The third kappa shape index (κ3) is 5.52. The molecule has 1 N–H and O–H groups in total. The summed E-state index contributed by atoms with van der Waals surface area (Å²) < 4.78 is 63.2. The molecular formula is C24H23ClF2N2O3S. The van der Waals surface area contributed by atoms with E-state index in [2.05, 4.69) is 4.72 Å². The lowest BCUT2D eigenvalue weighted by Crippen LogP contribution is -2.49. The van der Waals surface area contributed by atoms with Gasteiger partial charge in [0.15, 0.2) is 0 Å². The van der Waals surface area contributed by atoms with Gasteiger partial charge in [0.1, 0.15) is 11.6 Å². The average molecular weight is 493 g/mol. The number of benzene rings is 3. The standard InChI is InChI=1S/C24H23ClF2N2O3S/c1-16-2-11-22(21(25)14-16)28-33(30,31)29-12-13-32-23(15-29)24(17-3-7-19(26)8-4-17)18-5-9-20(27)10-6-18/h2-11,14,23-24,28H,12-13,15H2,1H3. The van der Waals surface area contributed by atoms with E-state index in [0.717, 1.165) is 16.7 Å². The van der Waals surface area contributed by atoms with Gasteiger partial charge in [-0.15, -0.1) is 0 Å². The fraction of sp³-hybridized carbons (Fsp3) is 0.250. The van der Waals surface area contributed by atoms with Crippen molar-refractivity contribution in [3.05, 3.63) is 100 Å². The maximum atomic E-state index is 13.5. The molecule has 0 amide bonds. The zero-order valence-electron chi connectivity index (χ0n) is 17.8. The third-order valence-corrected chi connectivity index (χ3v) is 7.39. The number of anilines is 1. The van der Waals surface area contributed by atoms with E-state index in [1.807, 2.05) is 6.92 Å². The molecule has 9 heteroatoms. The van der Waals surface area contributed by atoms with Gasteiger partial charge in [0.05, 0.1) is 23.4 Å². The Hall–Kier alpha value is -2.52. The summed E-state index contributed by atoms with van der Waals surface area (Å²) in [4.78, 5) is 0. The smallest absolute Gasteiger partial charge is 0.301 e. The molecule has 1 unspecified atom stereocenters. The van der Waals surface area contributed by atoms with Gasteiger partial charge in [-0.25, -0.2) is 8.78 Å². The minimum absolute atomic E-state index is 0.0538. The molecular weight excluding hydrogens is 470 g/mol. The van der Waals surface area contributed by atoms with E-state index in [1.54, 1.807) is 42.5 Å². The molecule has 1 atom stereocenters. The van der Waals surface area contributed by atoms with Crippen LogP contribution in [0.15, 0.2) is 66.7 Å². The Morgan fingerprint density at radius 3 is 2.12 bits per heavy atom. The Bertz CT molecular complexity index is 1180. The molecule has 1 fully saturated rings. The van der Waals surface area contributed by atoms with Gasteiger partial charge < -0.3 is 4.74 Å². The summed E-state index contributed by atoms with van der Waals surface area (Å²) in [5, 5.41) is 0.305. The summed E-state index contributed by atoms with van der Waals surface area (Å²) in [5.41, 5.74) is 2.68. The predicted octanol–water partition coefficient (Wildman–Crippen LogP) is 5.12. The first-order valence-electron chi connectivity index (χ1n) is 10.4. The summed E-state index contributed by atoms with van der Waals surface area (Å²) in [7, 11) is -3.92. The monoisotopic (exact) mass is 492 g/mol. The highest BCUT2D eigenvalue weighted by atomic mass is 35.5. The average Bonchev–Trinajstić information content (AvgIpc) is 2.79. The van der Waals surface area contributed by atoms with Gasteiger partial charge in [-0.3, -0.25) is 4.72 Å². The van der Waals surface area contributed by atoms with E-state index in [4.69, 9.17) is 16.3 Å². The van der Waals surface area contributed by atoms with Crippen LogP contribution in [-0.2, 0) is 14.9 Å². The van der Waals surface area contributed by atoms with Crippen LogP contribution in [0.2, 0.25) is 5.02 Å². The number of nitrogens with one attached hydrogen (secondary N) is 1. The van der Waals surface area contributed by atoms with Gasteiger partial charge in [0.25, 0.3) is 0 Å². The second-order valence-corrected chi connectivity index (χ2v) is 10.0. The lowest BCUT2D eigenvalue weighted by Gasteiger charge is -2.37. The van der Waals surface area contributed by atoms with E-state index in [1.165, 1.54) is 28.6 Å². The molecule has 1 heterocycles. The summed E-state index contributed by atoms with van der Waals surface area (Å²) in [6.45, 7) is 2.25. The van der Waals surface area contributed by atoms with Crippen LogP contribution >= 0.6 is 11.6 Å². The van der Waals surface area contributed by atoms with Crippen LogP contribution in [0.25, 0.3) is 0 Å². The minimum Gasteiger partial charge on any atom is -0.374 e. The molecule has 1 aliphatic rings. The fourth-order valence-corrected chi connectivity index (χ4v) is 5.52. The van der Waals surface area contributed by atoms with E-state index in [-0.39, 0.29) is 31.3 Å². The van der Waals surface area contributed by atoms with Crippen LogP contribution in [0.4, 0.5) is 14.5 Å². The van der Waals surface area contributed by atoms with Crippen LogP contribution in [0.3, 0.4) is 0 Å². The van der Waals surface area contributed by atoms with Crippen LogP contribution < -0.4 is 4.72 Å². The van der Waals surface area contributed by atoms with Gasteiger partial charge >= 0.3 is 10.2 Å². The number of nitrogens with zero attached hydrogens (tertiary/aromatic N) is 1. The van der Waals surface area contributed by atoms with Crippen molar-refractivity contribution in [1.82, 2.24) is 4.31 Å². The Morgan fingerprint density at radius 1 is 1.00 bits per heavy atom. The molecule has 33 heavy (non-hydrogen) atoms. The van der Waals surface area contributed by atoms with Gasteiger partial charge in [0.2, 0.25) is 0 Å². The molecule has 174 valence electrons. The summed E-state index contributed by atoms with van der Waals surface area (Å²) in [5.74, 6) is -1.19. The van der Waals surface area contributed by atoms with E-state index >= 15 is 0 Å². The number of rotatable bonds is 6. The molecule has 3 aromatic carbocycles. The Balaban J connectivity index is 1.62. The first-order valence-corrected chi connectivity index (χ1v) is 12.2. The molecule has 0 radical (unpaired) electrons. The summed E-state index contributed by atoms with van der Waals surface area (Å²) >= 11 is 6.21. The Labute approximate surface area is 197 Å². The van der Waals surface area contributed by atoms with Crippen molar-refractivity contribution in [2.45, 2.75) is 18.9 Å². The first-order chi connectivity index (χ1) is 15.7. The number of aryl methyl sites for hydroxylation is 1. The molecule has 3 aromatic rings. The van der Waals surface area contributed by atoms with Crippen LogP contribution in [-0.4, -0.2) is 38.5 Å². The quantitative estimate of drug-likeness (QED) is 0.520. The van der Waals surface area contributed by atoms with Crippen LogP contribution in [0.5, 0.6) is 0 Å². The summed E-state index contributed by atoms with van der Waals surface area (Å²) in [6, 6.07) is 16.9. The second kappa shape index (κ2) is 9.77. The molecule has 0 bridgehead atoms. The van der Waals surface area contributed by atoms with Crippen molar-refractivity contribution in [2.75, 3.05) is 24.4 Å². The zero-order valence-corrected chi connectivity index (χ0v) is 19.4. The highest BCUT2D eigenvalue weighted by molar-refractivity contribution is 7.90. The van der Waals surface area contributed by atoms with Crippen molar-refractivity contribution < 1.29 is 21.9 Å². The lowest BCUT2D eigenvalue weighted by molar-refractivity contribution is -0.00977. The van der Waals surface area contributed by atoms with Crippen LogP contribution in [0.1, 0.15) is 22.6 Å². The van der Waals surface area contributed by atoms with Crippen molar-refractivity contribution >= 4 is 27.5 Å². The maximum Gasteiger partial charge on any atom is 0.301 e. The first kappa shape index (κ1) is 23.6. The number of hydrogen-bond acceptors (Lipinski definition) is 3. The van der Waals surface area contributed by atoms with Gasteiger partial charge in [0, 0.05) is 19.0 Å². The SMILES string of the molecule is Cc1ccc(NS(=O)(=O)N2CCOC(C(c3ccc(F)cc3)c3ccc(F)cc3)C2)c(Cl)c1. The number of hydrogen-bond donors (Lipinski definition) is 1. The molecule has 0 spiro atoms. The molecule has 0 aliphatic carbocycles. The Kier molecular flexibility index (Phi) is 6.99. The molecule has 0 aromatic heterocycles. The maximum absolute atomic E-state index is 13.5. The van der Waals surface area contributed by atoms with Gasteiger partial charge in [-0.05, 0) is 60.0 Å². The van der Waals surface area contributed by atoms with Crippen molar-refractivity contribution in [3.63, 3.8) is 0 Å². The second-order valence-electron chi connectivity index (χ2n) is 7.94. The lowest BCUT2D eigenvalue weighted by atomic mass is 9.86. The number of ether oxygens (including phenoxy) is 1. The topological polar surface area (TPSA) is 58.6 Å². The Morgan fingerprint density at radius 2 is 1.58 bits per heavy atom. The van der Waals surface area contributed by atoms with Crippen molar-refractivity contribution in [3.8, 4) is 0 Å². The zero-order chi connectivity index (χ0) is 23.6. The number of halogens is 3. The van der Waals surface area contributed by atoms with E-state index < -0.39 is 22.2 Å². The van der Waals surface area contributed by atoms with E-state index in [9.17, 15) is 17.2 Å². The molecule has 0 saturated carbocycles.